The van der Waals surface area contributed by atoms with E-state index in [1.807, 2.05) is 0 Å². The molecule has 2 heterocycles. The summed E-state index contributed by atoms with van der Waals surface area (Å²) in [6.45, 7) is 9.61. The number of carbonyl (C=O) groups excluding carboxylic acids is 1. The molecule has 0 spiro atoms. The summed E-state index contributed by atoms with van der Waals surface area (Å²) < 4.78 is 5.39. The van der Waals surface area contributed by atoms with Crippen LogP contribution in [0.1, 0.15) is 19.8 Å². The van der Waals surface area contributed by atoms with Gasteiger partial charge >= 0.3 is 0 Å². The SMILES string of the molecule is CC(=O)NCCN1CCC(N2CCOCC2)CC1. The van der Waals surface area contributed by atoms with Crippen molar-refractivity contribution < 1.29 is 9.53 Å². The summed E-state index contributed by atoms with van der Waals surface area (Å²) in [7, 11) is 0. The zero-order valence-corrected chi connectivity index (χ0v) is 11.4. The van der Waals surface area contributed by atoms with Crippen LogP contribution in [-0.2, 0) is 9.53 Å². The van der Waals surface area contributed by atoms with Crippen LogP contribution >= 0.6 is 0 Å². The van der Waals surface area contributed by atoms with Gasteiger partial charge in [-0.25, -0.2) is 0 Å². The topological polar surface area (TPSA) is 44.8 Å². The molecule has 5 heteroatoms. The number of carbonyl (C=O) groups is 1. The smallest absolute Gasteiger partial charge is 0.216 e. The van der Waals surface area contributed by atoms with Crippen molar-refractivity contribution in [2.75, 3.05) is 52.5 Å². The first-order chi connectivity index (χ1) is 8.75. The molecule has 0 bridgehead atoms. The predicted molar refractivity (Wildman–Crippen MR) is 70.5 cm³/mol. The second-order valence-electron chi connectivity index (χ2n) is 5.20. The van der Waals surface area contributed by atoms with Crippen LogP contribution < -0.4 is 5.32 Å². The highest BCUT2D eigenvalue weighted by molar-refractivity contribution is 5.72. The van der Waals surface area contributed by atoms with Gasteiger partial charge in [-0.2, -0.15) is 0 Å². The molecule has 2 rings (SSSR count). The van der Waals surface area contributed by atoms with Crippen LogP contribution in [0.15, 0.2) is 0 Å². The monoisotopic (exact) mass is 255 g/mol. The van der Waals surface area contributed by atoms with Gasteiger partial charge in [0.15, 0.2) is 0 Å². The molecule has 2 aliphatic heterocycles. The lowest BCUT2D eigenvalue weighted by atomic mass is 10.0. The average Bonchev–Trinajstić information content (AvgIpc) is 2.40. The molecule has 0 aromatic heterocycles. The van der Waals surface area contributed by atoms with Crippen LogP contribution in [0.4, 0.5) is 0 Å². The van der Waals surface area contributed by atoms with Crippen molar-refractivity contribution >= 4 is 5.91 Å². The molecule has 18 heavy (non-hydrogen) atoms. The van der Waals surface area contributed by atoms with Gasteiger partial charge < -0.3 is 15.0 Å². The van der Waals surface area contributed by atoms with Crippen molar-refractivity contribution in [1.29, 1.82) is 0 Å². The number of ether oxygens (including phenoxy) is 1. The van der Waals surface area contributed by atoms with E-state index in [-0.39, 0.29) is 5.91 Å². The summed E-state index contributed by atoms with van der Waals surface area (Å²) in [5.74, 6) is 0.0678. The summed E-state index contributed by atoms with van der Waals surface area (Å²) in [5.41, 5.74) is 0. The van der Waals surface area contributed by atoms with Gasteiger partial charge in [-0.05, 0) is 25.9 Å². The molecule has 2 aliphatic rings. The number of piperidine rings is 1. The quantitative estimate of drug-likeness (QED) is 0.763. The lowest BCUT2D eigenvalue weighted by Crippen LogP contribution is -2.49. The number of nitrogens with zero attached hydrogens (tertiary/aromatic N) is 2. The van der Waals surface area contributed by atoms with Crippen LogP contribution in [0.5, 0.6) is 0 Å². The third-order valence-corrected chi connectivity index (χ3v) is 3.92. The first kappa shape index (κ1) is 13.8. The Hall–Kier alpha value is -0.650. The second kappa shape index (κ2) is 7.07. The molecule has 2 fully saturated rings. The fourth-order valence-corrected chi connectivity index (χ4v) is 2.84. The van der Waals surface area contributed by atoms with Gasteiger partial charge in [0.2, 0.25) is 5.91 Å². The van der Waals surface area contributed by atoms with Crippen LogP contribution in [0, 0.1) is 0 Å². The third kappa shape index (κ3) is 4.23. The fraction of sp³-hybridized carbons (Fsp3) is 0.923. The Morgan fingerprint density at radius 2 is 1.89 bits per heavy atom. The summed E-state index contributed by atoms with van der Waals surface area (Å²) in [5, 5.41) is 2.86. The number of likely N-dealkylation sites (tertiary alicyclic amines) is 1. The van der Waals surface area contributed by atoms with Gasteiger partial charge in [0.1, 0.15) is 0 Å². The van der Waals surface area contributed by atoms with Gasteiger partial charge in [-0.1, -0.05) is 0 Å². The minimum absolute atomic E-state index is 0.0678. The summed E-state index contributed by atoms with van der Waals surface area (Å²) in [4.78, 5) is 15.8. The van der Waals surface area contributed by atoms with Gasteiger partial charge in [0.25, 0.3) is 0 Å². The fourth-order valence-electron chi connectivity index (χ4n) is 2.84. The first-order valence-corrected chi connectivity index (χ1v) is 7.04. The van der Waals surface area contributed by atoms with Crippen molar-refractivity contribution in [3.05, 3.63) is 0 Å². The maximum absolute atomic E-state index is 10.8. The molecule has 0 radical (unpaired) electrons. The van der Waals surface area contributed by atoms with Gasteiger partial charge in [0, 0.05) is 39.1 Å². The Bertz CT molecular complexity index is 259. The van der Waals surface area contributed by atoms with E-state index in [2.05, 4.69) is 15.1 Å². The van der Waals surface area contributed by atoms with Crippen LogP contribution in [-0.4, -0.2) is 74.2 Å². The molecule has 1 N–H and O–H groups in total. The second-order valence-corrected chi connectivity index (χ2v) is 5.20. The highest BCUT2D eigenvalue weighted by atomic mass is 16.5. The van der Waals surface area contributed by atoms with Crippen molar-refractivity contribution in [1.82, 2.24) is 15.1 Å². The molecular formula is C13H25N3O2. The molecular weight excluding hydrogens is 230 g/mol. The summed E-state index contributed by atoms with van der Waals surface area (Å²) >= 11 is 0. The number of morpholine rings is 1. The maximum Gasteiger partial charge on any atom is 0.216 e. The normalized spacial score (nSPS) is 24.1. The Labute approximate surface area is 109 Å². The van der Waals surface area contributed by atoms with Gasteiger partial charge in [0.05, 0.1) is 13.2 Å². The van der Waals surface area contributed by atoms with E-state index in [1.165, 1.54) is 12.8 Å². The zero-order valence-electron chi connectivity index (χ0n) is 11.4. The Morgan fingerprint density at radius 3 is 2.50 bits per heavy atom. The molecule has 0 aliphatic carbocycles. The number of hydrogen-bond donors (Lipinski definition) is 1. The maximum atomic E-state index is 10.8. The first-order valence-electron chi connectivity index (χ1n) is 7.04. The van der Waals surface area contributed by atoms with Crippen molar-refractivity contribution in [3.63, 3.8) is 0 Å². The van der Waals surface area contributed by atoms with E-state index in [4.69, 9.17) is 4.74 Å². The Balaban J connectivity index is 1.63. The summed E-state index contributed by atoms with van der Waals surface area (Å²) in [6, 6.07) is 0.742. The molecule has 0 atom stereocenters. The third-order valence-electron chi connectivity index (χ3n) is 3.92. The Morgan fingerprint density at radius 1 is 1.22 bits per heavy atom. The lowest BCUT2D eigenvalue weighted by Gasteiger charge is -2.40. The largest absolute Gasteiger partial charge is 0.379 e. The summed E-state index contributed by atoms with van der Waals surface area (Å²) in [6.07, 6.45) is 2.50. The highest BCUT2D eigenvalue weighted by Crippen LogP contribution is 2.17. The molecule has 0 unspecified atom stereocenters. The zero-order chi connectivity index (χ0) is 12.8. The van der Waals surface area contributed by atoms with Gasteiger partial charge in [-0.3, -0.25) is 9.69 Å². The highest BCUT2D eigenvalue weighted by Gasteiger charge is 2.25. The number of hydrogen-bond acceptors (Lipinski definition) is 4. The molecule has 1 amide bonds. The number of rotatable bonds is 4. The Kier molecular flexibility index (Phi) is 5.41. The predicted octanol–water partition coefficient (Wildman–Crippen LogP) is -0.0809. The molecule has 104 valence electrons. The molecule has 2 saturated heterocycles. The van der Waals surface area contributed by atoms with Crippen molar-refractivity contribution in [3.8, 4) is 0 Å². The van der Waals surface area contributed by atoms with E-state index in [9.17, 15) is 4.79 Å². The molecule has 0 aromatic rings. The number of nitrogens with one attached hydrogen (secondary N) is 1. The standard InChI is InChI=1S/C13H25N3O2/c1-12(17)14-4-7-15-5-2-13(3-6-15)16-8-10-18-11-9-16/h13H,2-11H2,1H3,(H,14,17). The van der Waals surface area contributed by atoms with Crippen LogP contribution in [0.2, 0.25) is 0 Å². The van der Waals surface area contributed by atoms with E-state index < -0.39 is 0 Å². The van der Waals surface area contributed by atoms with Crippen molar-refractivity contribution in [2.24, 2.45) is 0 Å². The van der Waals surface area contributed by atoms with Crippen molar-refractivity contribution in [2.45, 2.75) is 25.8 Å². The molecule has 5 nitrogen and oxygen atoms in total. The minimum Gasteiger partial charge on any atom is -0.379 e. The molecule has 0 aromatic carbocycles. The van der Waals surface area contributed by atoms with Gasteiger partial charge in [-0.15, -0.1) is 0 Å². The van der Waals surface area contributed by atoms with E-state index in [1.54, 1.807) is 6.92 Å². The minimum atomic E-state index is 0.0678. The molecule has 0 saturated carbocycles. The van der Waals surface area contributed by atoms with E-state index in [0.29, 0.717) is 0 Å². The average molecular weight is 255 g/mol. The van der Waals surface area contributed by atoms with E-state index in [0.717, 1.165) is 58.5 Å². The number of amides is 1. The van der Waals surface area contributed by atoms with Crippen LogP contribution in [0.3, 0.4) is 0 Å². The lowest BCUT2D eigenvalue weighted by molar-refractivity contribution is -0.119. The van der Waals surface area contributed by atoms with Crippen LogP contribution in [0.25, 0.3) is 0 Å². The van der Waals surface area contributed by atoms with E-state index >= 15 is 0 Å².